The zero-order valence-electron chi connectivity index (χ0n) is 14.7. The Hall–Kier alpha value is -2.14. The number of thiophene rings is 1. The molecule has 0 unspecified atom stereocenters. The van der Waals surface area contributed by atoms with Gasteiger partial charge in [-0.15, -0.1) is 11.3 Å². The topological polar surface area (TPSA) is 46.6 Å². The summed E-state index contributed by atoms with van der Waals surface area (Å²) in [6, 6.07) is 9.75. The molecule has 3 rings (SSSR count). The number of carbonyl (C=O) groups excluding carboxylic acids is 2. The van der Waals surface area contributed by atoms with Crippen molar-refractivity contribution in [1.82, 2.24) is 4.90 Å². The van der Waals surface area contributed by atoms with Crippen LogP contribution in [-0.2, 0) is 0 Å². The molecule has 0 N–H and O–H groups in total. The van der Waals surface area contributed by atoms with Crippen molar-refractivity contribution in [3.05, 3.63) is 51.7 Å². The summed E-state index contributed by atoms with van der Waals surface area (Å²) in [6.45, 7) is 5.67. The van der Waals surface area contributed by atoms with Gasteiger partial charge in [0, 0.05) is 24.4 Å². The van der Waals surface area contributed by atoms with Crippen LogP contribution in [0.15, 0.2) is 35.7 Å². The van der Waals surface area contributed by atoms with Gasteiger partial charge in [-0.2, -0.15) is 0 Å². The van der Waals surface area contributed by atoms with Crippen molar-refractivity contribution < 1.29 is 14.3 Å². The monoisotopic (exact) mass is 357 g/mol. The van der Waals surface area contributed by atoms with Gasteiger partial charge in [0.25, 0.3) is 5.91 Å². The number of ether oxygens (including phenoxy) is 1. The van der Waals surface area contributed by atoms with Gasteiger partial charge in [-0.25, -0.2) is 0 Å². The largest absolute Gasteiger partial charge is 0.493 e. The Morgan fingerprint density at radius 3 is 2.72 bits per heavy atom. The number of nitrogens with zero attached hydrogens (tertiary/aromatic N) is 1. The molecular formula is C20H23NO3S. The fourth-order valence-corrected chi connectivity index (χ4v) is 3.83. The van der Waals surface area contributed by atoms with Crippen LogP contribution >= 0.6 is 11.3 Å². The van der Waals surface area contributed by atoms with E-state index in [0.717, 1.165) is 25.1 Å². The summed E-state index contributed by atoms with van der Waals surface area (Å²) < 4.78 is 5.89. The van der Waals surface area contributed by atoms with E-state index < -0.39 is 0 Å². The van der Waals surface area contributed by atoms with E-state index in [1.807, 2.05) is 29.2 Å². The Morgan fingerprint density at radius 2 is 2.04 bits per heavy atom. The van der Waals surface area contributed by atoms with Crippen LogP contribution in [-0.4, -0.2) is 36.3 Å². The number of aryl methyl sites for hydroxylation is 1. The van der Waals surface area contributed by atoms with Gasteiger partial charge >= 0.3 is 0 Å². The maximum Gasteiger partial charge on any atom is 0.254 e. The van der Waals surface area contributed by atoms with Gasteiger partial charge in [0.05, 0.1) is 17.0 Å². The lowest BCUT2D eigenvalue weighted by molar-refractivity contribution is 0.0634. The molecule has 1 aromatic heterocycles. The molecule has 0 saturated carbocycles. The number of piperidine rings is 1. The number of amides is 1. The van der Waals surface area contributed by atoms with Crippen LogP contribution in [0, 0.1) is 12.8 Å². The first kappa shape index (κ1) is 17.7. The first-order valence-electron chi connectivity index (χ1n) is 8.61. The van der Waals surface area contributed by atoms with E-state index >= 15 is 0 Å². The van der Waals surface area contributed by atoms with Crippen molar-refractivity contribution in [1.29, 1.82) is 0 Å². The van der Waals surface area contributed by atoms with Crippen LogP contribution in [0.2, 0.25) is 0 Å². The zero-order chi connectivity index (χ0) is 17.8. The minimum absolute atomic E-state index is 0.00654. The number of hydrogen-bond donors (Lipinski definition) is 0. The quantitative estimate of drug-likeness (QED) is 0.754. The second-order valence-electron chi connectivity index (χ2n) is 6.64. The molecule has 0 spiro atoms. The highest BCUT2D eigenvalue weighted by Gasteiger charge is 2.25. The first-order valence-corrected chi connectivity index (χ1v) is 9.49. The maximum absolute atomic E-state index is 12.7. The number of benzene rings is 1. The van der Waals surface area contributed by atoms with E-state index in [1.165, 1.54) is 23.8 Å². The molecule has 1 atom stereocenters. The Balaban J connectivity index is 1.57. The lowest BCUT2D eigenvalue weighted by atomic mass is 9.98. The van der Waals surface area contributed by atoms with E-state index in [0.29, 0.717) is 29.5 Å². The number of rotatable bonds is 5. The highest BCUT2D eigenvalue weighted by atomic mass is 32.1. The van der Waals surface area contributed by atoms with Crippen molar-refractivity contribution in [3.63, 3.8) is 0 Å². The third-order valence-electron chi connectivity index (χ3n) is 4.51. The summed E-state index contributed by atoms with van der Waals surface area (Å²) >= 11 is 1.34. The van der Waals surface area contributed by atoms with Crippen LogP contribution in [0.5, 0.6) is 5.75 Å². The summed E-state index contributed by atoms with van der Waals surface area (Å²) in [4.78, 5) is 26.6. The molecule has 1 aromatic carbocycles. The molecule has 0 radical (unpaired) electrons. The molecule has 1 saturated heterocycles. The molecule has 0 aliphatic carbocycles. The van der Waals surface area contributed by atoms with E-state index in [9.17, 15) is 9.59 Å². The van der Waals surface area contributed by atoms with Crippen LogP contribution in [0.3, 0.4) is 0 Å². The van der Waals surface area contributed by atoms with Gasteiger partial charge in [-0.1, -0.05) is 17.7 Å². The van der Waals surface area contributed by atoms with Crippen LogP contribution < -0.4 is 4.74 Å². The second kappa shape index (κ2) is 7.83. The fourth-order valence-electron chi connectivity index (χ4n) is 3.05. The van der Waals surface area contributed by atoms with Gasteiger partial charge in [0.15, 0.2) is 5.78 Å². The lowest BCUT2D eigenvalue weighted by Gasteiger charge is -2.32. The zero-order valence-corrected chi connectivity index (χ0v) is 15.5. The van der Waals surface area contributed by atoms with Crippen LogP contribution in [0.4, 0.5) is 0 Å². The first-order chi connectivity index (χ1) is 12.0. The van der Waals surface area contributed by atoms with Gasteiger partial charge in [0.1, 0.15) is 5.75 Å². The van der Waals surface area contributed by atoms with Gasteiger partial charge < -0.3 is 9.64 Å². The van der Waals surface area contributed by atoms with E-state index in [1.54, 1.807) is 11.4 Å². The number of ketones is 1. The normalized spacial score (nSPS) is 17.4. The third-order valence-corrected chi connectivity index (χ3v) is 5.54. The molecule has 1 aliphatic rings. The Labute approximate surface area is 152 Å². The minimum atomic E-state index is 0.00654. The van der Waals surface area contributed by atoms with Crippen molar-refractivity contribution in [2.75, 3.05) is 19.7 Å². The smallest absolute Gasteiger partial charge is 0.254 e. The van der Waals surface area contributed by atoms with Gasteiger partial charge in [-0.3, -0.25) is 9.59 Å². The molecule has 1 aliphatic heterocycles. The van der Waals surface area contributed by atoms with Crippen LogP contribution in [0.1, 0.15) is 45.4 Å². The van der Waals surface area contributed by atoms with E-state index in [2.05, 4.69) is 6.92 Å². The second-order valence-corrected chi connectivity index (χ2v) is 7.55. The average Bonchev–Trinajstić information content (AvgIpc) is 3.11. The highest BCUT2D eigenvalue weighted by Crippen LogP contribution is 2.23. The summed E-state index contributed by atoms with van der Waals surface area (Å²) in [5, 5.41) is 1.78. The fraction of sp³-hybridized carbons (Fsp3) is 0.400. The molecule has 2 heterocycles. The molecule has 132 valence electrons. The number of hydrogen-bond acceptors (Lipinski definition) is 4. The summed E-state index contributed by atoms with van der Waals surface area (Å²) in [7, 11) is 0. The summed E-state index contributed by atoms with van der Waals surface area (Å²) in [6.07, 6.45) is 2.05. The van der Waals surface area contributed by atoms with E-state index in [4.69, 9.17) is 4.74 Å². The molecule has 0 bridgehead atoms. The van der Waals surface area contributed by atoms with Gasteiger partial charge in [-0.05, 0) is 44.9 Å². The molecule has 5 heteroatoms. The predicted molar refractivity (Wildman–Crippen MR) is 99.6 cm³/mol. The molecule has 1 amide bonds. The number of Topliss-reactive ketones (excluding diaryl/α,β-unsaturated/α-hetero) is 1. The van der Waals surface area contributed by atoms with Gasteiger partial charge in [0.2, 0.25) is 0 Å². The van der Waals surface area contributed by atoms with Crippen molar-refractivity contribution >= 4 is 23.0 Å². The summed E-state index contributed by atoms with van der Waals surface area (Å²) in [5.41, 5.74) is 1.83. The maximum atomic E-state index is 12.7. The third kappa shape index (κ3) is 4.48. The lowest BCUT2D eigenvalue weighted by Crippen LogP contribution is -2.41. The van der Waals surface area contributed by atoms with Crippen molar-refractivity contribution in [3.8, 4) is 5.75 Å². The van der Waals surface area contributed by atoms with E-state index in [-0.39, 0.29) is 11.7 Å². The average molecular weight is 357 g/mol. The minimum Gasteiger partial charge on any atom is -0.493 e. The Bertz CT molecular complexity index is 751. The number of carbonyl (C=O) groups is 2. The number of likely N-dealkylation sites (tertiary alicyclic amines) is 1. The molecular weight excluding hydrogens is 334 g/mol. The molecule has 4 nitrogen and oxygen atoms in total. The SMILES string of the molecule is CC(=O)c1cc(C(=O)N2CCC[C@@H](COc3ccc(C)cc3)C2)cs1. The molecule has 1 fully saturated rings. The molecule has 2 aromatic rings. The summed E-state index contributed by atoms with van der Waals surface area (Å²) in [5.74, 6) is 1.23. The predicted octanol–water partition coefficient (Wildman–Crippen LogP) is 4.19. The van der Waals surface area contributed by atoms with Crippen molar-refractivity contribution in [2.45, 2.75) is 26.7 Å². The Kier molecular flexibility index (Phi) is 5.53. The van der Waals surface area contributed by atoms with Crippen molar-refractivity contribution in [2.24, 2.45) is 5.92 Å². The Morgan fingerprint density at radius 1 is 1.28 bits per heavy atom. The molecule has 25 heavy (non-hydrogen) atoms. The van der Waals surface area contributed by atoms with Crippen LogP contribution in [0.25, 0.3) is 0 Å². The standard InChI is InChI=1S/C20H23NO3S/c1-14-5-7-18(8-6-14)24-12-16-4-3-9-21(11-16)20(23)17-10-19(15(2)22)25-13-17/h5-8,10,13,16H,3-4,9,11-12H2,1-2H3/t16-/m1/s1. The highest BCUT2D eigenvalue weighted by molar-refractivity contribution is 7.12.